The summed E-state index contributed by atoms with van der Waals surface area (Å²) < 4.78 is 40.4. The Bertz CT molecular complexity index is 977. The van der Waals surface area contributed by atoms with Gasteiger partial charge in [0.25, 0.3) is 0 Å². The number of aromatic carboxylic acids is 1. The topological polar surface area (TPSA) is 53.1 Å². The van der Waals surface area contributed by atoms with Crippen molar-refractivity contribution < 1.29 is 23.1 Å². The fourth-order valence-corrected chi connectivity index (χ4v) is 3.07. The number of hydrogen-bond donors (Lipinski definition) is 2. The van der Waals surface area contributed by atoms with Crippen LogP contribution in [0.3, 0.4) is 0 Å². The van der Waals surface area contributed by atoms with E-state index in [2.05, 4.69) is 4.98 Å². The first-order valence-corrected chi connectivity index (χ1v) is 8.06. The van der Waals surface area contributed by atoms with Crippen LogP contribution in [0.2, 0.25) is 0 Å². The normalized spacial score (nSPS) is 12.5. The van der Waals surface area contributed by atoms with Gasteiger partial charge >= 0.3 is 12.1 Å². The van der Waals surface area contributed by atoms with E-state index in [4.69, 9.17) is 0 Å². The van der Waals surface area contributed by atoms with Crippen molar-refractivity contribution in [2.75, 3.05) is 0 Å². The van der Waals surface area contributed by atoms with Crippen molar-refractivity contribution in [3.63, 3.8) is 0 Å². The van der Waals surface area contributed by atoms with E-state index in [1.807, 2.05) is 32.9 Å². The van der Waals surface area contributed by atoms with Crippen LogP contribution in [0.5, 0.6) is 0 Å². The smallest absolute Gasteiger partial charge is 0.417 e. The number of nitrogens with one attached hydrogen (secondary N) is 1. The fourth-order valence-electron chi connectivity index (χ4n) is 3.07. The zero-order valence-electron chi connectivity index (χ0n) is 14.5. The molecular weight excluding hydrogens is 343 g/mol. The summed E-state index contributed by atoms with van der Waals surface area (Å²) in [6, 6.07) is 10.6. The molecular formula is C20H18F3NO2. The predicted molar refractivity (Wildman–Crippen MR) is 94.4 cm³/mol. The monoisotopic (exact) mass is 361 g/mol. The van der Waals surface area contributed by atoms with Gasteiger partial charge in [-0.15, -0.1) is 0 Å². The summed E-state index contributed by atoms with van der Waals surface area (Å²) in [5, 5.41) is 9.37. The van der Waals surface area contributed by atoms with E-state index < -0.39 is 17.7 Å². The maximum atomic E-state index is 13.5. The Balaban J connectivity index is 2.33. The molecule has 0 atom stereocenters. The number of carboxylic acids is 1. The SMILES string of the molecule is CC(C)(C)c1ccc(-c2c(C(=O)O)[nH]c3cccc(C(F)(F)F)c23)cc1. The molecule has 0 aliphatic rings. The molecule has 3 aromatic rings. The zero-order valence-corrected chi connectivity index (χ0v) is 14.5. The van der Waals surface area contributed by atoms with Gasteiger partial charge in [0.2, 0.25) is 0 Å². The summed E-state index contributed by atoms with van der Waals surface area (Å²) in [7, 11) is 0. The molecule has 0 saturated heterocycles. The average molecular weight is 361 g/mol. The van der Waals surface area contributed by atoms with Crippen molar-refractivity contribution in [1.29, 1.82) is 0 Å². The second-order valence-electron chi connectivity index (χ2n) is 7.23. The van der Waals surface area contributed by atoms with Gasteiger partial charge < -0.3 is 10.1 Å². The van der Waals surface area contributed by atoms with Crippen molar-refractivity contribution in [1.82, 2.24) is 4.98 Å². The predicted octanol–water partition coefficient (Wildman–Crippen LogP) is 5.85. The minimum Gasteiger partial charge on any atom is -0.477 e. The average Bonchev–Trinajstić information content (AvgIpc) is 2.92. The second-order valence-corrected chi connectivity index (χ2v) is 7.23. The number of aromatic amines is 1. The van der Waals surface area contributed by atoms with Gasteiger partial charge in [-0.2, -0.15) is 13.2 Å². The molecule has 0 bridgehead atoms. The molecule has 3 rings (SSSR count). The summed E-state index contributed by atoms with van der Waals surface area (Å²) in [6.45, 7) is 6.08. The number of alkyl halides is 3. The molecule has 0 aliphatic heterocycles. The number of benzene rings is 2. The van der Waals surface area contributed by atoms with Crippen molar-refractivity contribution >= 4 is 16.9 Å². The minimum atomic E-state index is -4.59. The van der Waals surface area contributed by atoms with E-state index in [1.54, 1.807) is 12.1 Å². The Morgan fingerprint density at radius 2 is 1.62 bits per heavy atom. The third kappa shape index (κ3) is 3.07. The maximum Gasteiger partial charge on any atom is 0.417 e. The van der Waals surface area contributed by atoms with E-state index in [0.717, 1.165) is 11.6 Å². The van der Waals surface area contributed by atoms with Gasteiger partial charge in [0, 0.05) is 16.5 Å². The molecule has 2 aromatic carbocycles. The molecule has 26 heavy (non-hydrogen) atoms. The van der Waals surface area contributed by atoms with Gasteiger partial charge in [-0.25, -0.2) is 4.79 Å². The molecule has 0 spiro atoms. The lowest BCUT2D eigenvalue weighted by atomic mass is 9.86. The highest BCUT2D eigenvalue weighted by atomic mass is 19.4. The van der Waals surface area contributed by atoms with E-state index in [1.165, 1.54) is 12.1 Å². The van der Waals surface area contributed by atoms with Gasteiger partial charge in [-0.05, 0) is 28.7 Å². The summed E-state index contributed by atoms with van der Waals surface area (Å²) in [6.07, 6.45) is -4.59. The second kappa shape index (κ2) is 5.90. The van der Waals surface area contributed by atoms with E-state index >= 15 is 0 Å². The first kappa shape index (κ1) is 18.0. The first-order valence-electron chi connectivity index (χ1n) is 8.06. The van der Waals surface area contributed by atoms with Crippen LogP contribution >= 0.6 is 0 Å². The van der Waals surface area contributed by atoms with Gasteiger partial charge in [0.1, 0.15) is 5.69 Å². The molecule has 0 unspecified atom stereocenters. The fraction of sp³-hybridized carbons (Fsp3) is 0.250. The van der Waals surface area contributed by atoms with Crippen LogP contribution in [-0.4, -0.2) is 16.1 Å². The number of halogens is 3. The quantitative estimate of drug-likeness (QED) is 0.602. The van der Waals surface area contributed by atoms with Gasteiger partial charge in [-0.1, -0.05) is 51.1 Å². The Kier molecular flexibility index (Phi) is 4.09. The van der Waals surface area contributed by atoms with Crippen molar-refractivity contribution in [3.8, 4) is 11.1 Å². The summed E-state index contributed by atoms with van der Waals surface area (Å²) in [5.41, 5.74) is 0.417. The highest BCUT2D eigenvalue weighted by molar-refractivity contribution is 6.08. The molecule has 0 radical (unpaired) electrons. The number of H-pyrrole nitrogens is 1. The largest absolute Gasteiger partial charge is 0.477 e. The standard InChI is InChI=1S/C20H18F3NO2/c1-19(2,3)12-9-7-11(8-10-12)15-16-13(20(21,22)23)5-4-6-14(16)24-17(15)18(25)26/h4-10,24H,1-3H3,(H,25,26). The Morgan fingerprint density at radius 3 is 2.12 bits per heavy atom. The third-order valence-electron chi connectivity index (χ3n) is 4.38. The van der Waals surface area contributed by atoms with E-state index in [-0.39, 0.29) is 27.6 Å². The molecule has 1 heterocycles. The number of hydrogen-bond acceptors (Lipinski definition) is 1. The molecule has 0 saturated carbocycles. The van der Waals surface area contributed by atoms with Gasteiger partial charge in [-0.3, -0.25) is 0 Å². The maximum absolute atomic E-state index is 13.5. The lowest BCUT2D eigenvalue weighted by molar-refractivity contribution is -0.136. The zero-order chi connectivity index (χ0) is 19.3. The summed E-state index contributed by atoms with van der Waals surface area (Å²) >= 11 is 0. The van der Waals surface area contributed by atoms with Crippen LogP contribution in [0.25, 0.3) is 22.0 Å². The summed E-state index contributed by atoms with van der Waals surface area (Å²) in [5.74, 6) is -1.30. The highest BCUT2D eigenvalue weighted by Crippen LogP contribution is 2.41. The molecule has 1 aromatic heterocycles. The van der Waals surface area contributed by atoms with E-state index in [9.17, 15) is 23.1 Å². The molecule has 3 nitrogen and oxygen atoms in total. The van der Waals surface area contributed by atoms with Crippen LogP contribution in [0, 0.1) is 0 Å². The number of fused-ring (bicyclic) bond motifs is 1. The number of carbonyl (C=O) groups is 1. The van der Waals surface area contributed by atoms with Crippen LogP contribution in [0.1, 0.15) is 42.4 Å². The van der Waals surface area contributed by atoms with Crippen LogP contribution in [-0.2, 0) is 11.6 Å². The van der Waals surface area contributed by atoms with Crippen molar-refractivity contribution in [2.45, 2.75) is 32.4 Å². The minimum absolute atomic E-state index is 0.0564. The highest BCUT2D eigenvalue weighted by Gasteiger charge is 2.35. The van der Waals surface area contributed by atoms with Crippen LogP contribution < -0.4 is 0 Å². The molecule has 2 N–H and O–H groups in total. The first-order chi connectivity index (χ1) is 12.0. The van der Waals surface area contributed by atoms with Crippen LogP contribution in [0.15, 0.2) is 42.5 Å². The number of rotatable bonds is 2. The Hall–Kier alpha value is -2.76. The molecule has 6 heteroatoms. The Labute approximate surface area is 148 Å². The van der Waals surface area contributed by atoms with E-state index in [0.29, 0.717) is 5.56 Å². The Morgan fingerprint density at radius 1 is 1.00 bits per heavy atom. The third-order valence-corrected chi connectivity index (χ3v) is 4.38. The number of aromatic nitrogens is 1. The molecule has 0 amide bonds. The van der Waals surface area contributed by atoms with Crippen molar-refractivity contribution in [3.05, 3.63) is 59.3 Å². The lowest BCUT2D eigenvalue weighted by Gasteiger charge is -2.19. The van der Waals surface area contributed by atoms with Gasteiger partial charge in [0.05, 0.1) is 5.56 Å². The number of carboxylic acid groups (broad SMARTS) is 1. The van der Waals surface area contributed by atoms with Crippen molar-refractivity contribution in [2.24, 2.45) is 0 Å². The molecule has 136 valence electrons. The molecule has 0 aliphatic carbocycles. The molecule has 0 fully saturated rings. The van der Waals surface area contributed by atoms with Gasteiger partial charge in [0.15, 0.2) is 0 Å². The lowest BCUT2D eigenvalue weighted by Crippen LogP contribution is -2.10. The summed E-state index contributed by atoms with van der Waals surface area (Å²) in [4.78, 5) is 14.3. The van der Waals surface area contributed by atoms with Crippen LogP contribution in [0.4, 0.5) is 13.2 Å².